The Bertz CT molecular complexity index is 496. The van der Waals surface area contributed by atoms with Crippen molar-refractivity contribution in [3.63, 3.8) is 0 Å². The molecule has 2 bridgehead atoms. The van der Waals surface area contributed by atoms with Gasteiger partial charge in [-0.15, -0.1) is 11.3 Å². The van der Waals surface area contributed by atoms with Gasteiger partial charge < -0.3 is 15.2 Å². The monoisotopic (exact) mass is 360 g/mol. The van der Waals surface area contributed by atoms with E-state index in [2.05, 4.69) is 26.2 Å². The van der Waals surface area contributed by atoms with Gasteiger partial charge in [0.2, 0.25) is 0 Å². The normalized spacial score (nSPS) is 33.0. The minimum Gasteiger partial charge on any atom is -0.480 e. The molecule has 1 aromatic heterocycles. The van der Waals surface area contributed by atoms with E-state index in [1.54, 1.807) is 11.3 Å². The summed E-state index contributed by atoms with van der Waals surface area (Å²) in [5.74, 6) is -0.927. The maximum atomic E-state index is 10.9. The minimum absolute atomic E-state index is 0.267. The SMILES string of the molecule is O=C(O)COC1(c2nc(Br)cs2)CC2CCCC(C1)N2. The number of rotatable bonds is 4. The van der Waals surface area contributed by atoms with E-state index in [9.17, 15) is 4.79 Å². The van der Waals surface area contributed by atoms with Crippen molar-refractivity contribution in [3.05, 3.63) is 15.0 Å². The molecule has 0 radical (unpaired) electrons. The zero-order valence-corrected chi connectivity index (χ0v) is 13.4. The first-order chi connectivity index (χ1) is 9.57. The van der Waals surface area contributed by atoms with Gasteiger partial charge in [-0.25, -0.2) is 9.78 Å². The number of aromatic nitrogens is 1. The highest BCUT2D eigenvalue weighted by Crippen LogP contribution is 2.44. The van der Waals surface area contributed by atoms with Gasteiger partial charge in [0, 0.05) is 17.5 Å². The molecule has 2 saturated heterocycles. The summed E-state index contributed by atoms with van der Waals surface area (Å²) in [7, 11) is 0. The van der Waals surface area contributed by atoms with Crippen LogP contribution in [-0.2, 0) is 15.1 Å². The molecular formula is C13H17BrN2O3S. The fraction of sp³-hybridized carbons (Fsp3) is 0.692. The predicted molar refractivity (Wildman–Crippen MR) is 78.9 cm³/mol. The third-order valence-corrected chi connectivity index (χ3v) is 5.80. The number of halogens is 1. The van der Waals surface area contributed by atoms with E-state index < -0.39 is 11.6 Å². The van der Waals surface area contributed by atoms with Crippen LogP contribution < -0.4 is 5.32 Å². The number of nitrogens with one attached hydrogen (secondary N) is 1. The van der Waals surface area contributed by atoms with E-state index in [1.807, 2.05) is 5.38 Å². The molecule has 2 N–H and O–H groups in total. The average Bonchev–Trinajstić information content (AvgIpc) is 2.83. The molecule has 0 saturated carbocycles. The molecule has 20 heavy (non-hydrogen) atoms. The van der Waals surface area contributed by atoms with Crippen molar-refractivity contribution >= 4 is 33.2 Å². The minimum atomic E-state index is -0.927. The van der Waals surface area contributed by atoms with Crippen molar-refractivity contribution in [2.24, 2.45) is 0 Å². The zero-order valence-electron chi connectivity index (χ0n) is 11.0. The van der Waals surface area contributed by atoms with Gasteiger partial charge in [0.15, 0.2) is 0 Å². The van der Waals surface area contributed by atoms with Gasteiger partial charge in [-0.3, -0.25) is 0 Å². The smallest absolute Gasteiger partial charge is 0.329 e. The molecule has 0 spiro atoms. The number of hydrogen-bond acceptors (Lipinski definition) is 5. The Hall–Kier alpha value is -0.500. The predicted octanol–water partition coefficient (Wildman–Crippen LogP) is 2.51. The van der Waals surface area contributed by atoms with E-state index in [1.165, 1.54) is 6.42 Å². The summed E-state index contributed by atoms with van der Waals surface area (Å²) < 4.78 is 6.65. The molecule has 2 fully saturated rings. The van der Waals surface area contributed by atoms with Gasteiger partial charge in [-0.2, -0.15) is 0 Å². The van der Waals surface area contributed by atoms with Crippen molar-refractivity contribution in [3.8, 4) is 0 Å². The van der Waals surface area contributed by atoms with Crippen molar-refractivity contribution in [2.75, 3.05) is 6.61 Å². The molecule has 2 aliphatic rings. The van der Waals surface area contributed by atoms with Crippen LogP contribution in [0.2, 0.25) is 0 Å². The Labute approximate surface area is 129 Å². The number of fused-ring (bicyclic) bond motifs is 2. The largest absolute Gasteiger partial charge is 0.480 e. The highest BCUT2D eigenvalue weighted by atomic mass is 79.9. The highest BCUT2D eigenvalue weighted by Gasteiger charge is 2.46. The Morgan fingerprint density at radius 1 is 1.55 bits per heavy atom. The average molecular weight is 361 g/mol. The quantitative estimate of drug-likeness (QED) is 0.862. The van der Waals surface area contributed by atoms with Crippen LogP contribution in [0.4, 0.5) is 0 Å². The van der Waals surface area contributed by atoms with Crippen LogP contribution in [0.3, 0.4) is 0 Å². The number of thiazole rings is 1. The van der Waals surface area contributed by atoms with Gasteiger partial charge >= 0.3 is 5.97 Å². The fourth-order valence-electron chi connectivity index (χ4n) is 3.33. The maximum absolute atomic E-state index is 10.9. The van der Waals surface area contributed by atoms with Crippen molar-refractivity contribution in [2.45, 2.75) is 49.8 Å². The van der Waals surface area contributed by atoms with Crippen LogP contribution in [-0.4, -0.2) is 34.8 Å². The molecule has 5 nitrogen and oxygen atoms in total. The maximum Gasteiger partial charge on any atom is 0.329 e. The second-order valence-corrected chi connectivity index (χ2v) is 7.22. The molecule has 0 aromatic carbocycles. The van der Waals surface area contributed by atoms with Crippen LogP contribution in [0.25, 0.3) is 0 Å². The van der Waals surface area contributed by atoms with E-state index >= 15 is 0 Å². The van der Waals surface area contributed by atoms with E-state index in [0.29, 0.717) is 12.1 Å². The van der Waals surface area contributed by atoms with Gasteiger partial charge in [0.05, 0.1) is 0 Å². The summed E-state index contributed by atoms with van der Waals surface area (Å²) >= 11 is 4.92. The number of ether oxygens (including phenoxy) is 1. The molecule has 110 valence electrons. The molecule has 2 atom stereocenters. The number of piperidine rings is 2. The lowest BCUT2D eigenvalue weighted by atomic mass is 9.77. The summed E-state index contributed by atoms with van der Waals surface area (Å²) in [4.78, 5) is 15.4. The molecule has 1 aromatic rings. The first kappa shape index (κ1) is 14.4. The molecule has 0 aliphatic carbocycles. The summed E-state index contributed by atoms with van der Waals surface area (Å²) in [5, 5.41) is 15.4. The second-order valence-electron chi connectivity index (χ2n) is 5.55. The first-order valence-electron chi connectivity index (χ1n) is 6.81. The van der Waals surface area contributed by atoms with Crippen LogP contribution in [0, 0.1) is 0 Å². The van der Waals surface area contributed by atoms with Gasteiger partial charge in [-0.05, 0) is 41.6 Å². The number of carboxylic acid groups (broad SMARTS) is 1. The van der Waals surface area contributed by atoms with E-state index in [0.717, 1.165) is 35.3 Å². The topological polar surface area (TPSA) is 71.5 Å². The van der Waals surface area contributed by atoms with E-state index in [-0.39, 0.29) is 6.61 Å². The lowest BCUT2D eigenvalue weighted by molar-refractivity contribution is -0.156. The van der Waals surface area contributed by atoms with Crippen LogP contribution in [0.1, 0.15) is 37.1 Å². The van der Waals surface area contributed by atoms with Gasteiger partial charge in [-0.1, -0.05) is 6.42 Å². The Morgan fingerprint density at radius 2 is 2.25 bits per heavy atom. The van der Waals surface area contributed by atoms with Crippen molar-refractivity contribution in [1.82, 2.24) is 10.3 Å². The number of carbonyl (C=O) groups is 1. The molecule has 3 heterocycles. The summed E-state index contributed by atoms with van der Waals surface area (Å²) in [6, 6.07) is 0.804. The lowest BCUT2D eigenvalue weighted by Gasteiger charge is -2.46. The fourth-order valence-corrected chi connectivity index (χ4v) is 4.76. The lowest BCUT2D eigenvalue weighted by Crippen LogP contribution is -2.55. The Balaban J connectivity index is 1.88. The number of hydrogen-bond donors (Lipinski definition) is 2. The third kappa shape index (κ3) is 2.90. The second kappa shape index (κ2) is 5.71. The standard InChI is InChI=1S/C13H17BrN2O3S/c14-10-7-20-12(16-10)13(19-6-11(17)18)4-8-2-1-3-9(5-13)15-8/h7-9,15H,1-6H2,(H,17,18). The molecular weight excluding hydrogens is 344 g/mol. The van der Waals surface area contributed by atoms with Gasteiger partial charge in [0.25, 0.3) is 0 Å². The van der Waals surface area contributed by atoms with Crippen LogP contribution in [0.5, 0.6) is 0 Å². The van der Waals surface area contributed by atoms with Crippen molar-refractivity contribution in [1.29, 1.82) is 0 Å². The van der Waals surface area contributed by atoms with E-state index in [4.69, 9.17) is 9.84 Å². The highest BCUT2D eigenvalue weighted by molar-refractivity contribution is 9.10. The van der Waals surface area contributed by atoms with Crippen LogP contribution >= 0.6 is 27.3 Å². The molecule has 0 amide bonds. The number of nitrogens with zero attached hydrogens (tertiary/aromatic N) is 1. The number of carboxylic acids is 1. The summed E-state index contributed by atoms with van der Waals surface area (Å²) in [6.07, 6.45) is 5.09. The third-order valence-electron chi connectivity index (χ3n) is 4.07. The molecule has 7 heteroatoms. The number of aliphatic carboxylic acids is 1. The zero-order chi connectivity index (χ0) is 14.2. The summed E-state index contributed by atoms with van der Waals surface area (Å²) in [5.41, 5.74) is -0.546. The molecule has 2 aliphatic heterocycles. The summed E-state index contributed by atoms with van der Waals surface area (Å²) in [6.45, 7) is -0.267. The van der Waals surface area contributed by atoms with Gasteiger partial charge in [0.1, 0.15) is 21.8 Å². The first-order valence-corrected chi connectivity index (χ1v) is 8.48. The Morgan fingerprint density at radius 3 is 2.80 bits per heavy atom. The molecule has 2 unspecified atom stereocenters. The Kier molecular flexibility index (Phi) is 4.12. The van der Waals surface area contributed by atoms with Crippen LogP contribution in [0.15, 0.2) is 9.98 Å². The van der Waals surface area contributed by atoms with Crippen molar-refractivity contribution < 1.29 is 14.6 Å². The molecule has 3 rings (SSSR count).